The fourth-order valence-corrected chi connectivity index (χ4v) is 4.90. The molecule has 1 aliphatic carbocycles. The zero-order valence-corrected chi connectivity index (χ0v) is 17.5. The first-order chi connectivity index (χ1) is 15.4. The van der Waals surface area contributed by atoms with Crippen LogP contribution in [0.1, 0.15) is 28.7 Å². The molecule has 3 rings (SSSR count). The molecule has 1 atom stereocenters. The van der Waals surface area contributed by atoms with Gasteiger partial charge in [-0.2, -0.15) is 39.5 Å². The van der Waals surface area contributed by atoms with Crippen LogP contribution in [0.2, 0.25) is 0 Å². The summed E-state index contributed by atoms with van der Waals surface area (Å²) in [4.78, 5) is 0. The van der Waals surface area contributed by atoms with E-state index in [0.717, 1.165) is 18.2 Å². The molecule has 0 aliphatic heterocycles. The molecule has 2 N–H and O–H groups in total. The second kappa shape index (κ2) is 8.15. The molecule has 0 amide bonds. The number of hydrogen-bond acceptors (Lipinski definition) is 2. The quantitative estimate of drug-likeness (QED) is 0.481. The van der Waals surface area contributed by atoms with Gasteiger partial charge in [-0.05, 0) is 35.2 Å². The molecule has 1 aliphatic rings. The minimum atomic E-state index is -5.98. The zero-order chi connectivity index (χ0) is 25.7. The molecule has 34 heavy (non-hydrogen) atoms. The molecule has 0 saturated carbocycles. The van der Waals surface area contributed by atoms with E-state index in [1.807, 2.05) is 0 Å². The summed E-state index contributed by atoms with van der Waals surface area (Å²) in [7, 11) is -4.54. The van der Waals surface area contributed by atoms with Crippen molar-refractivity contribution in [2.24, 2.45) is 5.14 Å². The van der Waals surface area contributed by atoms with Crippen LogP contribution < -0.4 is 5.14 Å². The normalized spacial score (nSPS) is 19.5. The minimum absolute atomic E-state index is 0.0733. The van der Waals surface area contributed by atoms with Crippen LogP contribution in [-0.2, 0) is 33.3 Å². The van der Waals surface area contributed by atoms with E-state index in [1.54, 1.807) is 0 Å². The lowest BCUT2D eigenvalue weighted by Gasteiger charge is -2.32. The van der Waals surface area contributed by atoms with Crippen LogP contribution in [0, 0.1) is 0 Å². The Kier molecular flexibility index (Phi) is 6.19. The van der Waals surface area contributed by atoms with Crippen molar-refractivity contribution in [1.82, 2.24) is 0 Å². The van der Waals surface area contributed by atoms with Crippen LogP contribution in [0.4, 0.5) is 39.5 Å². The smallest absolute Gasteiger partial charge is 0.228 e. The van der Waals surface area contributed by atoms with E-state index in [9.17, 15) is 47.9 Å². The lowest BCUT2D eigenvalue weighted by atomic mass is 9.84. The molecule has 13 heteroatoms. The number of alkyl halides is 9. The summed E-state index contributed by atoms with van der Waals surface area (Å²) in [6.07, 6.45) is -12.7. The van der Waals surface area contributed by atoms with Crippen molar-refractivity contribution >= 4 is 10.0 Å². The van der Waals surface area contributed by atoms with Crippen molar-refractivity contribution in [3.8, 4) is 11.1 Å². The molecular weight excluding hydrogens is 501 g/mol. The number of primary sulfonamides is 1. The van der Waals surface area contributed by atoms with E-state index in [-0.39, 0.29) is 24.1 Å². The van der Waals surface area contributed by atoms with E-state index in [4.69, 9.17) is 5.14 Å². The Balaban J connectivity index is 2.46. The largest absolute Gasteiger partial charge is 0.417 e. The molecule has 1 unspecified atom stereocenters. The first-order valence-corrected chi connectivity index (χ1v) is 10.8. The number of halogens is 9. The molecule has 0 aromatic heterocycles. The van der Waals surface area contributed by atoms with Crippen LogP contribution in [0.15, 0.2) is 60.7 Å². The third kappa shape index (κ3) is 4.58. The summed E-state index contributed by atoms with van der Waals surface area (Å²) >= 11 is 0. The lowest BCUT2D eigenvalue weighted by molar-refractivity contribution is -0.174. The van der Waals surface area contributed by atoms with Crippen molar-refractivity contribution in [2.45, 2.75) is 29.7 Å². The SMILES string of the molecule is NS(=O)(=O)C1(c2ccccc2-c2cc(C(F)(F)F)c(C(F)(F)F)c(C(F)(F)F)c2)C=CC=CC1. The molecule has 0 fully saturated rings. The predicted molar refractivity (Wildman–Crippen MR) is 105 cm³/mol. The fourth-order valence-electron chi connectivity index (χ4n) is 3.82. The Labute approximate surface area is 187 Å². The molecule has 0 spiro atoms. The molecule has 2 aromatic rings. The van der Waals surface area contributed by atoms with Gasteiger partial charge < -0.3 is 0 Å². The second-order valence-corrected chi connectivity index (χ2v) is 9.23. The average Bonchev–Trinajstić information content (AvgIpc) is 2.70. The topological polar surface area (TPSA) is 60.2 Å². The van der Waals surface area contributed by atoms with Gasteiger partial charge >= 0.3 is 18.5 Å². The van der Waals surface area contributed by atoms with Crippen LogP contribution in [0.25, 0.3) is 11.1 Å². The molecule has 0 saturated heterocycles. The van der Waals surface area contributed by atoms with Crippen molar-refractivity contribution in [3.63, 3.8) is 0 Å². The van der Waals surface area contributed by atoms with E-state index in [0.29, 0.717) is 0 Å². The zero-order valence-electron chi connectivity index (χ0n) is 16.7. The Morgan fingerprint density at radius 3 is 1.74 bits per heavy atom. The van der Waals surface area contributed by atoms with Gasteiger partial charge in [-0.3, -0.25) is 0 Å². The highest BCUT2D eigenvalue weighted by atomic mass is 32.2. The summed E-state index contributed by atoms with van der Waals surface area (Å²) in [6, 6.07) is 4.46. The average molecular weight is 515 g/mol. The highest BCUT2D eigenvalue weighted by Gasteiger charge is 2.51. The van der Waals surface area contributed by atoms with E-state index >= 15 is 0 Å². The van der Waals surface area contributed by atoms with Gasteiger partial charge in [-0.1, -0.05) is 48.6 Å². The van der Waals surface area contributed by atoms with Crippen LogP contribution in [0.5, 0.6) is 0 Å². The van der Waals surface area contributed by atoms with Crippen molar-refractivity contribution < 1.29 is 47.9 Å². The number of sulfonamides is 1. The van der Waals surface area contributed by atoms with Gasteiger partial charge in [0, 0.05) is 0 Å². The van der Waals surface area contributed by atoms with Gasteiger partial charge in [0.25, 0.3) is 0 Å². The van der Waals surface area contributed by atoms with E-state index < -0.39 is 61.1 Å². The number of rotatable bonds is 3. The highest BCUT2D eigenvalue weighted by Crippen LogP contribution is 2.50. The Morgan fingerprint density at radius 1 is 0.794 bits per heavy atom. The van der Waals surface area contributed by atoms with Gasteiger partial charge in [0.1, 0.15) is 4.75 Å². The maximum absolute atomic E-state index is 13.6. The highest BCUT2D eigenvalue weighted by molar-refractivity contribution is 7.90. The van der Waals surface area contributed by atoms with Crippen LogP contribution in [-0.4, -0.2) is 8.42 Å². The molecule has 0 bridgehead atoms. The van der Waals surface area contributed by atoms with Gasteiger partial charge in [0.15, 0.2) is 0 Å². The molecule has 2 aromatic carbocycles. The van der Waals surface area contributed by atoms with Crippen LogP contribution >= 0.6 is 0 Å². The summed E-state index contributed by atoms with van der Waals surface area (Å²) in [5, 5.41) is 5.38. The van der Waals surface area contributed by atoms with Crippen molar-refractivity contribution in [1.29, 1.82) is 0 Å². The van der Waals surface area contributed by atoms with Crippen molar-refractivity contribution in [3.05, 3.63) is 83.0 Å². The van der Waals surface area contributed by atoms with Crippen LogP contribution in [0.3, 0.4) is 0 Å². The molecular formula is C21H14F9NO2S. The molecule has 3 nitrogen and oxygen atoms in total. The van der Waals surface area contributed by atoms with Gasteiger partial charge in [0.2, 0.25) is 10.0 Å². The number of hydrogen-bond donors (Lipinski definition) is 1. The summed E-state index contributed by atoms with van der Waals surface area (Å²) in [5.41, 5.74) is -9.64. The molecule has 0 heterocycles. The minimum Gasteiger partial charge on any atom is -0.228 e. The molecule has 0 radical (unpaired) electrons. The molecule has 184 valence electrons. The number of nitrogens with two attached hydrogens (primary N) is 1. The predicted octanol–water partition coefficient (Wildman–Crippen LogP) is 6.41. The summed E-state index contributed by atoms with van der Waals surface area (Å²) in [5.74, 6) is 0. The lowest BCUT2D eigenvalue weighted by Crippen LogP contribution is -2.40. The van der Waals surface area contributed by atoms with E-state index in [1.165, 1.54) is 30.4 Å². The Bertz CT molecular complexity index is 1240. The summed E-state index contributed by atoms with van der Waals surface area (Å²) < 4.78 is 144. The second-order valence-electron chi connectivity index (χ2n) is 7.41. The third-order valence-electron chi connectivity index (χ3n) is 5.27. The third-order valence-corrected chi connectivity index (χ3v) is 6.81. The maximum atomic E-state index is 13.6. The fraction of sp³-hybridized carbons (Fsp3) is 0.238. The van der Waals surface area contributed by atoms with Crippen molar-refractivity contribution in [2.75, 3.05) is 0 Å². The monoisotopic (exact) mass is 515 g/mol. The Morgan fingerprint density at radius 2 is 1.32 bits per heavy atom. The van der Waals surface area contributed by atoms with Gasteiger partial charge in [-0.15, -0.1) is 0 Å². The number of benzene rings is 2. The maximum Gasteiger partial charge on any atom is 0.417 e. The standard InChI is InChI=1S/C21H14F9NO2S/c22-19(23,24)15-10-12(11-16(20(25,26)27)17(15)21(28,29)30)13-6-2-3-7-14(13)18(34(31,32)33)8-4-1-5-9-18/h1-8,10-11H,9H2,(H2,31,32,33). The van der Waals surface area contributed by atoms with Gasteiger partial charge in [0.05, 0.1) is 16.7 Å². The first-order valence-electron chi connectivity index (χ1n) is 9.26. The first kappa shape index (κ1) is 25.8. The Hall–Kier alpha value is -2.80. The van der Waals surface area contributed by atoms with Gasteiger partial charge in [-0.25, -0.2) is 13.6 Å². The van der Waals surface area contributed by atoms with E-state index in [2.05, 4.69) is 0 Å². The number of allylic oxidation sites excluding steroid dienone is 3. The summed E-state index contributed by atoms with van der Waals surface area (Å²) in [6.45, 7) is 0.